The van der Waals surface area contributed by atoms with Crippen LogP contribution < -0.4 is 11.1 Å². The highest BCUT2D eigenvalue weighted by Gasteiger charge is 2.15. The number of aliphatic hydroxyl groups excluding tert-OH is 1. The predicted molar refractivity (Wildman–Crippen MR) is 77.9 cm³/mol. The fraction of sp³-hybridized carbons (Fsp3) is 0.429. The summed E-state index contributed by atoms with van der Waals surface area (Å²) < 4.78 is 0. The molecule has 102 valence electrons. The number of nitrogen functional groups attached to an aromatic ring is 1. The molecule has 0 radical (unpaired) electrons. The van der Waals surface area contributed by atoms with Gasteiger partial charge in [0.25, 0.3) is 0 Å². The Morgan fingerprint density at radius 1 is 1.21 bits per heavy atom. The van der Waals surface area contributed by atoms with Crippen LogP contribution in [-0.2, 0) is 0 Å². The van der Waals surface area contributed by atoms with Crippen molar-refractivity contribution in [2.75, 3.05) is 17.7 Å². The minimum Gasteiger partial charge on any atom is -0.396 e. The minimum absolute atomic E-state index is 0.128. The zero-order chi connectivity index (χ0) is 13.8. The van der Waals surface area contributed by atoms with Crippen molar-refractivity contribution in [3.63, 3.8) is 0 Å². The van der Waals surface area contributed by atoms with Gasteiger partial charge >= 0.3 is 0 Å². The van der Waals surface area contributed by atoms with E-state index in [1.54, 1.807) is 0 Å². The Balaban J connectivity index is 2.31. The summed E-state index contributed by atoms with van der Waals surface area (Å²) in [6.45, 7) is 4.33. The molecule has 1 aromatic heterocycles. The number of nitrogens with zero attached hydrogens (tertiary/aromatic N) is 2. The fourth-order valence-electron chi connectivity index (χ4n) is 2.01. The molecule has 1 atom stereocenters. The third-order valence-electron chi connectivity index (χ3n) is 3.16. The first-order valence-corrected chi connectivity index (χ1v) is 6.51. The van der Waals surface area contributed by atoms with E-state index >= 15 is 0 Å². The molecule has 0 aliphatic rings. The topological polar surface area (TPSA) is 84.1 Å². The van der Waals surface area contributed by atoms with E-state index in [0.29, 0.717) is 24.0 Å². The summed E-state index contributed by atoms with van der Waals surface area (Å²) in [5.41, 5.74) is 7.53. The number of para-hydroxylation sites is 2. The summed E-state index contributed by atoms with van der Waals surface area (Å²) in [5.74, 6) is 1.35. The molecule has 1 heterocycles. The molecule has 4 N–H and O–H groups in total. The molecule has 0 aliphatic carbocycles. The summed E-state index contributed by atoms with van der Waals surface area (Å²) in [5, 5.41) is 12.4. The van der Waals surface area contributed by atoms with E-state index in [1.165, 1.54) is 0 Å². The molecule has 0 fully saturated rings. The van der Waals surface area contributed by atoms with Gasteiger partial charge in [-0.15, -0.1) is 0 Å². The van der Waals surface area contributed by atoms with E-state index in [2.05, 4.69) is 29.1 Å². The molecular weight excluding hydrogens is 240 g/mol. The number of nitrogens with two attached hydrogens (primary N) is 1. The van der Waals surface area contributed by atoms with Crippen LogP contribution in [0, 0.1) is 5.92 Å². The zero-order valence-electron chi connectivity index (χ0n) is 11.3. The van der Waals surface area contributed by atoms with E-state index in [9.17, 15) is 0 Å². The highest BCUT2D eigenvalue weighted by atomic mass is 16.3. The van der Waals surface area contributed by atoms with Crippen LogP contribution in [0.2, 0.25) is 0 Å². The average molecular weight is 260 g/mol. The van der Waals surface area contributed by atoms with E-state index in [-0.39, 0.29) is 12.6 Å². The van der Waals surface area contributed by atoms with E-state index in [1.807, 2.05) is 24.3 Å². The van der Waals surface area contributed by atoms with Gasteiger partial charge in [-0.05, 0) is 24.5 Å². The lowest BCUT2D eigenvalue weighted by Crippen LogP contribution is -2.28. The highest BCUT2D eigenvalue weighted by molar-refractivity contribution is 5.79. The van der Waals surface area contributed by atoms with Crippen molar-refractivity contribution in [2.45, 2.75) is 26.3 Å². The van der Waals surface area contributed by atoms with Gasteiger partial charge in [-0.2, -0.15) is 0 Å². The summed E-state index contributed by atoms with van der Waals surface area (Å²) in [7, 11) is 0. The van der Waals surface area contributed by atoms with Crippen molar-refractivity contribution in [1.29, 1.82) is 0 Å². The van der Waals surface area contributed by atoms with Crippen molar-refractivity contribution in [3.8, 4) is 0 Å². The summed E-state index contributed by atoms with van der Waals surface area (Å²) in [4.78, 5) is 8.84. The van der Waals surface area contributed by atoms with Crippen molar-refractivity contribution in [1.82, 2.24) is 9.97 Å². The molecule has 0 aliphatic heterocycles. The molecule has 2 aromatic rings. The van der Waals surface area contributed by atoms with Gasteiger partial charge in [-0.25, -0.2) is 9.97 Å². The Morgan fingerprint density at radius 2 is 1.84 bits per heavy atom. The van der Waals surface area contributed by atoms with E-state index in [4.69, 9.17) is 10.8 Å². The highest BCUT2D eigenvalue weighted by Crippen LogP contribution is 2.21. The second-order valence-electron chi connectivity index (χ2n) is 4.95. The number of aliphatic hydroxyl groups is 1. The number of hydrogen-bond donors (Lipinski definition) is 3. The first kappa shape index (κ1) is 13.5. The van der Waals surface area contributed by atoms with Crippen molar-refractivity contribution >= 4 is 22.7 Å². The maximum atomic E-state index is 9.10. The lowest BCUT2D eigenvalue weighted by atomic mass is 10.0. The maximum absolute atomic E-state index is 9.10. The number of fused-ring (bicyclic) bond motifs is 1. The number of benzene rings is 1. The van der Waals surface area contributed by atoms with Gasteiger partial charge in [0.15, 0.2) is 11.6 Å². The Morgan fingerprint density at radius 3 is 2.42 bits per heavy atom. The van der Waals surface area contributed by atoms with Crippen molar-refractivity contribution in [3.05, 3.63) is 24.3 Å². The number of rotatable bonds is 5. The quantitative estimate of drug-likeness (QED) is 0.766. The molecule has 0 spiro atoms. The van der Waals surface area contributed by atoms with Crippen LogP contribution in [0.5, 0.6) is 0 Å². The summed E-state index contributed by atoms with van der Waals surface area (Å²) >= 11 is 0. The van der Waals surface area contributed by atoms with Gasteiger partial charge in [0.2, 0.25) is 0 Å². The molecule has 2 rings (SSSR count). The van der Waals surface area contributed by atoms with Crippen LogP contribution in [0.1, 0.15) is 20.3 Å². The molecule has 0 saturated heterocycles. The Labute approximate surface area is 112 Å². The smallest absolute Gasteiger partial charge is 0.169 e. The van der Waals surface area contributed by atoms with Gasteiger partial charge in [0.1, 0.15) is 0 Å². The number of nitrogens with one attached hydrogen (secondary N) is 1. The molecule has 5 nitrogen and oxygen atoms in total. The lowest BCUT2D eigenvalue weighted by molar-refractivity contribution is 0.267. The monoisotopic (exact) mass is 260 g/mol. The molecule has 1 unspecified atom stereocenters. The number of anilines is 2. The fourth-order valence-corrected chi connectivity index (χ4v) is 2.01. The third-order valence-corrected chi connectivity index (χ3v) is 3.16. The van der Waals surface area contributed by atoms with Crippen LogP contribution >= 0.6 is 0 Å². The Bertz CT molecular complexity index is 556. The molecule has 0 saturated carbocycles. The Hall–Kier alpha value is -1.88. The minimum atomic E-state index is 0.128. The molecule has 0 amide bonds. The maximum Gasteiger partial charge on any atom is 0.169 e. The van der Waals surface area contributed by atoms with Crippen LogP contribution in [0.25, 0.3) is 11.0 Å². The van der Waals surface area contributed by atoms with Gasteiger partial charge in [-0.1, -0.05) is 26.0 Å². The van der Waals surface area contributed by atoms with Crippen LogP contribution in [-0.4, -0.2) is 27.7 Å². The van der Waals surface area contributed by atoms with Crippen LogP contribution in [0.4, 0.5) is 11.6 Å². The van der Waals surface area contributed by atoms with Gasteiger partial charge in [0, 0.05) is 12.6 Å². The lowest BCUT2D eigenvalue weighted by Gasteiger charge is -2.22. The van der Waals surface area contributed by atoms with Crippen LogP contribution in [0.15, 0.2) is 24.3 Å². The largest absolute Gasteiger partial charge is 0.396 e. The first-order valence-electron chi connectivity index (χ1n) is 6.51. The van der Waals surface area contributed by atoms with E-state index < -0.39 is 0 Å². The number of hydrogen-bond acceptors (Lipinski definition) is 5. The Kier molecular flexibility index (Phi) is 4.16. The predicted octanol–water partition coefficient (Wildman–Crippen LogP) is 2.03. The van der Waals surface area contributed by atoms with Crippen molar-refractivity contribution < 1.29 is 5.11 Å². The van der Waals surface area contributed by atoms with Gasteiger partial charge in [0.05, 0.1) is 11.0 Å². The number of aromatic nitrogens is 2. The second kappa shape index (κ2) is 5.84. The van der Waals surface area contributed by atoms with Crippen LogP contribution in [0.3, 0.4) is 0 Å². The normalized spacial score (nSPS) is 12.8. The van der Waals surface area contributed by atoms with Gasteiger partial charge in [-0.3, -0.25) is 0 Å². The first-order chi connectivity index (χ1) is 9.11. The third kappa shape index (κ3) is 3.12. The van der Waals surface area contributed by atoms with Gasteiger partial charge < -0.3 is 16.2 Å². The molecule has 19 heavy (non-hydrogen) atoms. The molecule has 5 heteroatoms. The average Bonchev–Trinajstić information content (AvgIpc) is 2.38. The summed E-state index contributed by atoms with van der Waals surface area (Å²) in [6, 6.07) is 7.75. The molecule has 0 bridgehead atoms. The SMILES string of the molecule is CC(C)C(CCO)Nc1nc2ccccc2nc1N. The van der Waals surface area contributed by atoms with E-state index in [0.717, 1.165) is 11.0 Å². The molecule has 1 aromatic carbocycles. The summed E-state index contributed by atoms with van der Waals surface area (Å²) in [6.07, 6.45) is 0.658. The molecular formula is C14H20N4O. The zero-order valence-corrected chi connectivity index (χ0v) is 11.3. The van der Waals surface area contributed by atoms with Crippen molar-refractivity contribution in [2.24, 2.45) is 5.92 Å². The second-order valence-corrected chi connectivity index (χ2v) is 4.95. The standard InChI is InChI=1S/C14H20N4O/c1-9(2)10(7-8-19)17-14-13(15)16-11-5-3-4-6-12(11)18-14/h3-6,9-10,19H,7-8H2,1-2H3,(H2,15,16)(H,17,18).